The van der Waals surface area contributed by atoms with E-state index in [1.54, 1.807) is 67.0 Å². The van der Waals surface area contributed by atoms with E-state index in [1.165, 1.54) is 0 Å². The van der Waals surface area contributed by atoms with E-state index < -0.39 is 11.7 Å². The van der Waals surface area contributed by atoms with Crippen LogP contribution in [0.4, 0.5) is 5.69 Å². The van der Waals surface area contributed by atoms with E-state index in [0.717, 1.165) is 23.5 Å². The van der Waals surface area contributed by atoms with Crippen molar-refractivity contribution in [3.05, 3.63) is 96.6 Å². The molecule has 2 aromatic carbocycles. The van der Waals surface area contributed by atoms with Crippen LogP contribution in [0.1, 0.15) is 23.1 Å². The topological polar surface area (TPSA) is 94.1 Å². The Balaban J connectivity index is 1.48. The van der Waals surface area contributed by atoms with Gasteiger partial charge >= 0.3 is 0 Å². The molecule has 2 heterocycles. The molecule has 1 N–H and O–H groups in total. The molecule has 2 aromatic heterocycles. The number of amides is 1. The van der Waals surface area contributed by atoms with Gasteiger partial charge in [-0.05, 0) is 42.5 Å². The van der Waals surface area contributed by atoms with Crippen molar-refractivity contribution in [1.82, 2.24) is 15.0 Å². The predicted octanol–water partition coefficient (Wildman–Crippen LogP) is 4.71. The fourth-order valence-electron chi connectivity index (χ4n) is 3.01. The first kappa shape index (κ1) is 20.9. The standard InChI is InChI=1S/C25H20N4O3/c1-2-22-26-16-14-21(29-22)20-9-6-15-27-25(20)32-19-12-10-18(11-13-19)28-24(31)23(30)17-7-4-3-5-8-17/h3-16H,2H2,1H3,(H,28,31). The molecule has 0 radical (unpaired) electrons. The number of nitrogens with zero attached hydrogens (tertiary/aromatic N) is 3. The molecular weight excluding hydrogens is 404 g/mol. The summed E-state index contributed by atoms with van der Waals surface area (Å²) in [6.45, 7) is 1.99. The predicted molar refractivity (Wildman–Crippen MR) is 121 cm³/mol. The van der Waals surface area contributed by atoms with Gasteiger partial charge in [-0.2, -0.15) is 0 Å². The smallest absolute Gasteiger partial charge is 0.296 e. The van der Waals surface area contributed by atoms with E-state index in [0.29, 0.717) is 22.9 Å². The number of carbonyl (C=O) groups is 2. The summed E-state index contributed by atoms with van der Waals surface area (Å²) in [5.74, 6) is 0.376. The first-order valence-electron chi connectivity index (χ1n) is 10.1. The number of benzene rings is 2. The van der Waals surface area contributed by atoms with Gasteiger partial charge in [-0.25, -0.2) is 15.0 Å². The SMILES string of the molecule is CCc1nccc(-c2cccnc2Oc2ccc(NC(=O)C(=O)c3ccccc3)cc2)n1. The lowest BCUT2D eigenvalue weighted by molar-refractivity contribution is -0.112. The summed E-state index contributed by atoms with van der Waals surface area (Å²) in [6, 6.07) is 20.6. The number of rotatable bonds is 7. The number of ketones is 1. The monoisotopic (exact) mass is 424 g/mol. The Kier molecular flexibility index (Phi) is 6.27. The Labute approximate surface area is 185 Å². The van der Waals surface area contributed by atoms with Crippen LogP contribution in [-0.2, 0) is 11.2 Å². The highest BCUT2D eigenvalue weighted by Crippen LogP contribution is 2.30. The molecule has 0 spiro atoms. The van der Waals surface area contributed by atoms with E-state index in [-0.39, 0.29) is 0 Å². The number of hydrogen-bond acceptors (Lipinski definition) is 6. The summed E-state index contributed by atoms with van der Waals surface area (Å²) < 4.78 is 5.96. The van der Waals surface area contributed by atoms with Crippen LogP contribution in [-0.4, -0.2) is 26.6 Å². The second kappa shape index (κ2) is 9.61. The molecule has 0 aliphatic rings. The van der Waals surface area contributed by atoms with Gasteiger partial charge in [-0.1, -0.05) is 37.3 Å². The third-order valence-corrected chi connectivity index (χ3v) is 4.64. The molecule has 0 unspecified atom stereocenters. The van der Waals surface area contributed by atoms with Gasteiger partial charge in [0.1, 0.15) is 11.6 Å². The van der Waals surface area contributed by atoms with Gasteiger partial charge in [0.2, 0.25) is 5.88 Å². The first-order valence-corrected chi connectivity index (χ1v) is 10.1. The minimum Gasteiger partial charge on any atom is -0.438 e. The maximum atomic E-state index is 12.2. The Morgan fingerprint density at radius 1 is 0.875 bits per heavy atom. The largest absolute Gasteiger partial charge is 0.438 e. The lowest BCUT2D eigenvalue weighted by atomic mass is 10.1. The molecule has 4 rings (SSSR count). The second-order valence-corrected chi connectivity index (χ2v) is 6.84. The summed E-state index contributed by atoms with van der Waals surface area (Å²) in [5.41, 5.74) is 2.29. The normalized spacial score (nSPS) is 10.4. The van der Waals surface area contributed by atoms with Crippen molar-refractivity contribution in [2.24, 2.45) is 0 Å². The van der Waals surface area contributed by atoms with Gasteiger partial charge in [-0.15, -0.1) is 0 Å². The lowest BCUT2D eigenvalue weighted by Gasteiger charge is -2.11. The average Bonchev–Trinajstić information content (AvgIpc) is 2.85. The molecule has 7 nitrogen and oxygen atoms in total. The van der Waals surface area contributed by atoms with Gasteiger partial charge < -0.3 is 10.1 Å². The zero-order chi connectivity index (χ0) is 22.3. The van der Waals surface area contributed by atoms with Crippen LogP contribution in [0, 0.1) is 0 Å². The third-order valence-electron chi connectivity index (χ3n) is 4.64. The molecule has 0 saturated carbocycles. The molecule has 0 aliphatic carbocycles. The Morgan fingerprint density at radius 3 is 2.41 bits per heavy atom. The first-order chi connectivity index (χ1) is 15.6. The zero-order valence-electron chi connectivity index (χ0n) is 17.4. The van der Waals surface area contributed by atoms with E-state index in [1.807, 2.05) is 25.1 Å². The van der Waals surface area contributed by atoms with Gasteiger partial charge in [0.05, 0.1) is 11.3 Å². The van der Waals surface area contributed by atoms with Crippen LogP contribution >= 0.6 is 0 Å². The molecule has 1 amide bonds. The summed E-state index contributed by atoms with van der Waals surface area (Å²) in [6.07, 6.45) is 4.08. The highest BCUT2D eigenvalue weighted by Gasteiger charge is 2.16. The fourth-order valence-corrected chi connectivity index (χ4v) is 3.01. The molecule has 0 bridgehead atoms. The number of hydrogen-bond donors (Lipinski definition) is 1. The van der Waals surface area contributed by atoms with E-state index in [9.17, 15) is 9.59 Å². The molecule has 0 saturated heterocycles. The number of carbonyl (C=O) groups excluding carboxylic acids is 2. The van der Waals surface area contributed by atoms with Crippen LogP contribution in [0.25, 0.3) is 11.3 Å². The zero-order valence-corrected chi connectivity index (χ0v) is 17.4. The molecular formula is C25H20N4O3. The maximum Gasteiger partial charge on any atom is 0.296 e. The van der Waals surface area contributed by atoms with Crippen LogP contribution in [0.5, 0.6) is 11.6 Å². The highest BCUT2D eigenvalue weighted by atomic mass is 16.5. The van der Waals surface area contributed by atoms with Crippen molar-refractivity contribution < 1.29 is 14.3 Å². The minimum absolute atomic E-state index is 0.337. The fraction of sp³-hybridized carbons (Fsp3) is 0.0800. The van der Waals surface area contributed by atoms with Crippen molar-refractivity contribution in [1.29, 1.82) is 0 Å². The van der Waals surface area contributed by atoms with Crippen molar-refractivity contribution >= 4 is 17.4 Å². The third kappa shape index (κ3) is 4.84. The maximum absolute atomic E-state index is 12.2. The van der Waals surface area contributed by atoms with Gasteiger partial charge in [0.25, 0.3) is 11.7 Å². The van der Waals surface area contributed by atoms with E-state index in [2.05, 4.69) is 20.3 Å². The van der Waals surface area contributed by atoms with Crippen LogP contribution in [0.3, 0.4) is 0 Å². The number of aromatic nitrogens is 3. The summed E-state index contributed by atoms with van der Waals surface area (Å²) >= 11 is 0. The van der Waals surface area contributed by atoms with Gasteiger partial charge in [0, 0.05) is 30.1 Å². The van der Waals surface area contributed by atoms with Gasteiger partial charge in [0.15, 0.2) is 0 Å². The number of Topliss-reactive ketones (excluding diaryl/α,β-unsaturated/α-hetero) is 1. The van der Waals surface area contributed by atoms with Crippen molar-refractivity contribution in [3.8, 4) is 22.9 Å². The Bertz CT molecular complexity index is 1240. The molecule has 4 aromatic rings. The van der Waals surface area contributed by atoms with E-state index >= 15 is 0 Å². The number of aryl methyl sites for hydroxylation is 1. The molecule has 0 fully saturated rings. The van der Waals surface area contributed by atoms with Gasteiger partial charge in [-0.3, -0.25) is 9.59 Å². The molecule has 158 valence electrons. The summed E-state index contributed by atoms with van der Waals surface area (Å²) in [5, 5.41) is 2.60. The molecule has 7 heteroatoms. The summed E-state index contributed by atoms with van der Waals surface area (Å²) in [7, 11) is 0. The number of anilines is 1. The van der Waals surface area contributed by atoms with Crippen molar-refractivity contribution in [3.63, 3.8) is 0 Å². The quantitative estimate of drug-likeness (QED) is 0.341. The molecule has 32 heavy (non-hydrogen) atoms. The highest BCUT2D eigenvalue weighted by molar-refractivity contribution is 6.46. The van der Waals surface area contributed by atoms with Crippen molar-refractivity contribution in [2.75, 3.05) is 5.32 Å². The van der Waals surface area contributed by atoms with Crippen LogP contribution < -0.4 is 10.1 Å². The van der Waals surface area contributed by atoms with E-state index in [4.69, 9.17) is 4.74 Å². The average molecular weight is 424 g/mol. The lowest BCUT2D eigenvalue weighted by Crippen LogP contribution is -2.22. The Morgan fingerprint density at radius 2 is 1.66 bits per heavy atom. The summed E-state index contributed by atoms with van der Waals surface area (Å²) in [4.78, 5) is 37.6. The Hall–Kier alpha value is -4.39. The second-order valence-electron chi connectivity index (χ2n) is 6.84. The molecule has 0 atom stereocenters. The number of pyridine rings is 1. The number of nitrogens with one attached hydrogen (secondary N) is 1. The number of ether oxygens (including phenoxy) is 1. The molecule has 0 aliphatic heterocycles. The minimum atomic E-state index is -0.702. The van der Waals surface area contributed by atoms with Crippen molar-refractivity contribution in [2.45, 2.75) is 13.3 Å². The van der Waals surface area contributed by atoms with Crippen LogP contribution in [0.15, 0.2) is 85.2 Å². The van der Waals surface area contributed by atoms with Crippen LogP contribution in [0.2, 0.25) is 0 Å².